The zero-order chi connectivity index (χ0) is 12.0. The fourth-order valence-electron chi connectivity index (χ4n) is 1.22. The van der Waals surface area contributed by atoms with Crippen LogP contribution in [-0.4, -0.2) is 22.8 Å². The van der Waals surface area contributed by atoms with Gasteiger partial charge in [-0.3, -0.25) is 4.79 Å². The maximum Gasteiger partial charge on any atom is 0.311 e. The highest BCUT2D eigenvalue weighted by molar-refractivity contribution is 5.72. The van der Waals surface area contributed by atoms with E-state index in [0.29, 0.717) is 0 Å². The average Bonchev–Trinajstić information content (AvgIpc) is 2.35. The van der Waals surface area contributed by atoms with Gasteiger partial charge in [-0.1, -0.05) is 24.3 Å². The van der Waals surface area contributed by atoms with Crippen molar-refractivity contribution in [2.75, 3.05) is 6.61 Å². The average molecular weight is 224 g/mol. The molecule has 0 saturated carbocycles. The molecule has 88 valence electrons. The van der Waals surface area contributed by atoms with Crippen molar-refractivity contribution in [3.8, 4) is 0 Å². The lowest BCUT2D eigenvalue weighted by Gasteiger charge is -2.10. The Labute approximate surface area is 94.5 Å². The van der Waals surface area contributed by atoms with Crippen LogP contribution in [-0.2, 0) is 22.7 Å². The molecule has 4 nitrogen and oxygen atoms in total. The number of carbonyl (C=O) groups excluding carboxylic acids is 1. The highest BCUT2D eigenvalue weighted by atomic mass is 16.5. The molecule has 0 fully saturated rings. The fraction of sp³-hybridized carbons (Fsp3) is 0.417. The second kappa shape index (κ2) is 6.25. The topological polar surface area (TPSA) is 66.8 Å². The van der Waals surface area contributed by atoms with Gasteiger partial charge in [0, 0.05) is 0 Å². The van der Waals surface area contributed by atoms with Crippen LogP contribution in [0.3, 0.4) is 0 Å². The summed E-state index contributed by atoms with van der Waals surface area (Å²) in [5, 5.41) is 17.8. The number of hydrogen-bond acceptors (Lipinski definition) is 4. The molecular weight excluding hydrogens is 208 g/mol. The van der Waals surface area contributed by atoms with E-state index < -0.39 is 11.9 Å². The number of ether oxygens (including phenoxy) is 1. The fourth-order valence-corrected chi connectivity index (χ4v) is 1.22. The number of aliphatic hydroxyl groups is 2. The third-order valence-electron chi connectivity index (χ3n) is 2.33. The molecule has 0 bridgehead atoms. The van der Waals surface area contributed by atoms with Crippen LogP contribution in [0.4, 0.5) is 0 Å². The smallest absolute Gasteiger partial charge is 0.311 e. The summed E-state index contributed by atoms with van der Waals surface area (Å²) in [6.45, 7) is 1.42. The summed E-state index contributed by atoms with van der Waals surface area (Å²) in [5.74, 6) is -0.948. The van der Waals surface area contributed by atoms with Crippen molar-refractivity contribution >= 4 is 5.97 Å². The van der Waals surface area contributed by atoms with Crippen LogP contribution in [0, 0.1) is 5.92 Å². The van der Waals surface area contributed by atoms with Gasteiger partial charge in [-0.15, -0.1) is 0 Å². The molecule has 4 heteroatoms. The van der Waals surface area contributed by atoms with Gasteiger partial charge in [-0.05, 0) is 18.1 Å². The zero-order valence-corrected chi connectivity index (χ0v) is 9.22. The maximum absolute atomic E-state index is 11.3. The first-order chi connectivity index (χ1) is 7.69. The molecule has 1 rings (SSSR count). The Bertz CT molecular complexity index is 349. The van der Waals surface area contributed by atoms with E-state index in [0.717, 1.165) is 11.1 Å². The van der Waals surface area contributed by atoms with Gasteiger partial charge in [-0.25, -0.2) is 0 Å². The summed E-state index contributed by atoms with van der Waals surface area (Å²) in [7, 11) is 0. The van der Waals surface area contributed by atoms with Crippen LogP contribution in [0.5, 0.6) is 0 Å². The number of hydrogen-bond donors (Lipinski definition) is 2. The van der Waals surface area contributed by atoms with Crippen LogP contribution in [0.25, 0.3) is 0 Å². The van der Waals surface area contributed by atoms with Crippen LogP contribution in [0.15, 0.2) is 24.3 Å². The summed E-state index contributed by atoms with van der Waals surface area (Å²) in [6.07, 6.45) is 0. The molecule has 0 amide bonds. The molecule has 0 aliphatic carbocycles. The summed E-state index contributed by atoms with van der Waals surface area (Å²) >= 11 is 0. The van der Waals surface area contributed by atoms with Crippen LogP contribution in [0.2, 0.25) is 0 Å². The van der Waals surface area contributed by atoms with E-state index in [1.807, 2.05) is 12.1 Å². The SMILES string of the molecule is CC(CO)C(=O)OCc1ccccc1CO. The van der Waals surface area contributed by atoms with Gasteiger partial charge >= 0.3 is 5.97 Å². The molecule has 1 aromatic rings. The second-order valence-corrected chi connectivity index (χ2v) is 3.62. The normalized spacial score (nSPS) is 12.2. The monoisotopic (exact) mass is 224 g/mol. The number of esters is 1. The number of aliphatic hydroxyl groups excluding tert-OH is 2. The summed E-state index contributed by atoms with van der Waals surface area (Å²) in [5.41, 5.74) is 1.52. The van der Waals surface area contributed by atoms with E-state index in [4.69, 9.17) is 14.9 Å². The first-order valence-electron chi connectivity index (χ1n) is 5.14. The van der Waals surface area contributed by atoms with Crippen molar-refractivity contribution in [1.29, 1.82) is 0 Å². The van der Waals surface area contributed by atoms with E-state index in [1.54, 1.807) is 19.1 Å². The number of carbonyl (C=O) groups is 1. The quantitative estimate of drug-likeness (QED) is 0.728. The van der Waals surface area contributed by atoms with Gasteiger partial charge in [-0.2, -0.15) is 0 Å². The lowest BCUT2D eigenvalue weighted by atomic mass is 10.1. The van der Waals surface area contributed by atoms with E-state index >= 15 is 0 Å². The van der Waals surface area contributed by atoms with Gasteiger partial charge in [0.25, 0.3) is 0 Å². The van der Waals surface area contributed by atoms with Crippen molar-refractivity contribution in [2.45, 2.75) is 20.1 Å². The van der Waals surface area contributed by atoms with E-state index in [-0.39, 0.29) is 19.8 Å². The molecule has 0 aromatic heterocycles. The largest absolute Gasteiger partial charge is 0.461 e. The summed E-state index contributed by atoms with van der Waals surface area (Å²) in [4.78, 5) is 11.3. The summed E-state index contributed by atoms with van der Waals surface area (Å²) in [6, 6.07) is 7.20. The van der Waals surface area contributed by atoms with Gasteiger partial charge in [0.2, 0.25) is 0 Å². The predicted octanol–water partition coefficient (Wildman–Crippen LogP) is 0.850. The maximum atomic E-state index is 11.3. The Morgan fingerprint density at radius 2 is 1.94 bits per heavy atom. The lowest BCUT2D eigenvalue weighted by molar-refractivity contribution is -0.150. The third kappa shape index (κ3) is 3.32. The first kappa shape index (κ1) is 12.7. The van der Waals surface area contributed by atoms with Crippen molar-refractivity contribution < 1.29 is 19.7 Å². The molecule has 0 heterocycles. The Morgan fingerprint density at radius 3 is 2.50 bits per heavy atom. The molecule has 0 aliphatic heterocycles. The molecule has 0 aliphatic rings. The number of benzene rings is 1. The van der Waals surface area contributed by atoms with Crippen molar-refractivity contribution in [1.82, 2.24) is 0 Å². The minimum atomic E-state index is -0.513. The molecule has 1 unspecified atom stereocenters. The molecule has 1 aromatic carbocycles. The Kier molecular flexibility index (Phi) is 4.95. The minimum absolute atomic E-state index is 0.0801. The van der Waals surface area contributed by atoms with Crippen LogP contribution < -0.4 is 0 Å². The number of rotatable bonds is 5. The Balaban J connectivity index is 2.57. The van der Waals surface area contributed by atoms with Crippen LogP contribution in [0.1, 0.15) is 18.1 Å². The van der Waals surface area contributed by atoms with Gasteiger partial charge in [0.1, 0.15) is 6.61 Å². The van der Waals surface area contributed by atoms with Crippen molar-refractivity contribution in [2.24, 2.45) is 5.92 Å². The third-order valence-corrected chi connectivity index (χ3v) is 2.33. The highest BCUT2D eigenvalue weighted by Crippen LogP contribution is 2.11. The Hall–Kier alpha value is -1.39. The molecule has 0 saturated heterocycles. The van der Waals surface area contributed by atoms with Gasteiger partial charge in [0.05, 0.1) is 19.1 Å². The highest BCUT2D eigenvalue weighted by Gasteiger charge is 2.13. The standard InChI is InChI=1S/C12H16O4/c1-9(6-13)12(15)16-8-11-5-3-2-4-10(11)7-14/h2-5,9,13-14H,6-8H2,1H3. The molecule has 0 spiro atoms. The van der Waals surface area contributed by atoms with Crippen molar-refractivity contribution in [3.05, 3.63) is 35.4 Å². The Morgan fingerprint density at radius 1 is 1.31 bits per heavy atom. The molecule has 2 N–H and O–H groups in total. The van der Waals surface area contributed by atoms with Gasteiger partial charge < -0.3 is 14.9 Å². The van der Waals surface area contributed by atoms with E-state index in [1.165, 1.54) is 0 Å². The molecule has 16 heavy (non-hydrogen) atoms. The van der Waals surface area contributed by atoms with Crippen LogP contribution >= 0.6 is 0 Å². The minimum Gasteiger partial charge on any atom is -0.461 e. The second-order valence-electron chi connectivity index (χ2n) is 3.62. The predicted molar refractivity (Wildman–Crippen MR) is 58.4 cm³/mol. The molecular formula is C12H16O4. The van der Waals surface area contributed by atoms with E-state index in [2.05, 4.69) is 0 Å². The lowest BCUT2D eigenvalue weighted by Crippen LogP contribution is -2.18. The first-order valence-corrected chi connectivity index (χ1v) is 5.14. The van der Waals surface area contributed by atoms with Gasteiger partial charge in [0.15, 0.2) is 0 Å². The van der Waals surface area contributed by atoms with Crippen molar-refractivity contribution in [3.63, 3.8) is 0 Å². The molecule has 1 atom stereocenters. The zero-order valence-electron chi connectivity index (χ0n) is 9.22. The molecule has 0 radical (unpaired) electrons. The van der Waals surface area contributed by atoms with E-state index in [9.17, 15) is 4.79 Å². The summed E-state index contributed by atoms with van der Waals surface area (Å²) < 4.78 is 5.01.